The standard InChI is InChI=1S/C29H48/c1-5-22-7-6-8-23-12-14-26-25-13-11-24-19-21(10-9-20(22)2)15-17-29(24,4)27(25)16-18-28(23,26)3/h11,20-23,25-27H,5-10,12-19H2,1-4H3. The average Bonchev–Trinajstić information content (AvgIpc) is 3.05. The molecule has 0 saturated heterocycles. The Bertz CT molecular complexity index is 630. The fraction of sp³-hybridized carbons (Fsp3) is 0.931. The maximum atomic E-state index is 2.80. The first kappa shape index (κ1) is 20.6. The highest BCUT2D eigenvalue weighted by Crippen LogP contribution is 2.67. The molecule has 164 valence electrons. The minimum Gasteiger partial charge on any atom is -0.0845 e. The van der Waals surface area contributed by atoms with Gasteiger partial charge in [0, 0.05) is 0 Å². The Morgan fingerprint density at radius 3 is 2.59 bits per heavy atom. The Labute approximate surface area is 181 Å². The molecule has 29 heavy (non-hydrogen) atoms. The minimum atomic E-state index is 0.563. The van der Waals surface area contributed by atoms with Crippen molar-refractivity contribution >= 4 is 0 Å². The molecule has 9 unspecified atom stereocenters. The maximum absolute atomic E-state index is 2.80. The predicted octanol–water partition coefficient (Wildman–Crippen LogP) is 8.81. The first-order valence-corrected chi connectivity index (χ1v) is 13.6. The number of fused-ring (bicyclic) bond motifs is 2. The molecule has 0 nitrogen and oxygen atoms in total. The van der Waals surface area contributed by atoms with E-state index in [1.165, 1.54) is 64.2 Å². The second kappa shape index (κ2) is 7.70. The van der Waals surface area contributed by atoms with Gasteiger partial charge in [-0.2, -0.15) is 0 Å². The van der Waals surface area contributed by atoms with E-state index in [1.54, 1.807) is 25.7 Å². The third-order valence-corrected chi connectivity index (χ3v) is 11.9. The van der Waals surface area contributed by atoms with Crippen LogP contribution in [0.5, 0.6) is 0 Å². The van der Waals surface area contributed by atoms with E-state index in [0.717, 1.165) is 41.4 Å². The maximum Gasteiger partial charge on any atom is -0.00851 e. The monoisotopic (exact) mass is 396 g/mol. The molecule has 7 rings (SSSR count). The summed E-state index contributed by atoms with van der Waals surface area (Å²) in [7, 11) is 0. The molecule has 7 aliphatic carbocycles. The highest BCUT2D eigenvalue weighted by Gasteiger charge is 2.58. The molecule has 0 aromatic carbocycles. The summed E-state index contributed by atoms with van der Waals surface area (Å²) in [5.41, 5.74) is 3.15. The van der Waals surface area contributed by atoms with Gasteiger partial charge < -0.3 is 0 Å². The van der Waals surface area contributed by atoms with Crippen molar-refractivity contribution in [2.24, 2.45) is 52.3 Å². The molecule has 0 spiro atoms. The molecule has 7 aliphatic rings. The van der Waals surface area contributed by atoms with Gasteiger partial charge in [0.15, 0.2) is 0 Å². The van der Waals surface area contributed by atoms with Crippen molar-refractivity contribution in [1.29, 1.82) is 0 Å². The molecule has 9 atom stereocenters. The Morgan fingerprint density at radius 1 is 0.897 bits per heavy atom. The van der Waals surface area contributed by atoms with Gasteiger partial charge in [0.25, 0.3) is 0 Å². The molecule has 0 heterocycles. The van der Waals surface area contributed by atoms with Gasteiger partial charge in [-0.1, -0.05) is 65.0 Å². The Hall–Kier alpha value is -0.260. The average molecular weight is 397 g/mol. The molecule has 0 amide bonds. The zero-order valence-corrected chi connectivity index (χ0v) is 20.0. The van der Waals surface area contributed by atoms with Gasteiger partial charge in [0.05, 0.1) is 0 Å². The summed E-state index contributed by atoms with van der Waals surface area (Å²) < 4.78 is 0. The molecule has 5 fully saturated rings. The summed E-state index contributed by atoms with van der Waals surface area (Å²) in [6, 6.07) is 0. The molecule has 0 aromatic heterocycles. The van der Waals surface area contributed by atoms with Crippen LogP contribution in [-0.4, -0.2) is 0 Å². The van der Waals surface area contributed by atoms with Crippen molar-refractivity contribution in [3.63, 3.8) is 0 Å². The molecule has 0 aliphatic heterocycles. The van der Waals surface area contributed by atoms with Crippen LogP contribution in [0.4, 0.5) is 0 Å². The van der Waals surface area contributed by atoms with E-state index in [-0.39, 0.29) is 0 Å². The van der Waals surface area contributed by atoms with Crippen LogP contribution in [0.1, 0.15) is 118 Å². The normalized spacial score (nSPS) is 52.7. The third kappa shape index (κ3) is 3.29. The van der Waals surface area contributed by atoms with Gasteiger partial charge in [-0.25, -0.2) is 0 Å². The largest absolute Gasteiger partial charge is 0.0845 e. The summed E-state index contributed by atoms with van der Waals surface area (Å²) >= 11 is 0. The summed E-state index contributed by atoms with van der Waals surface area (Å²) in [5, 5.41) is 0. The molecular weight excluding hydrogens is 348 g/mol. The molecular formula is C29H48. The van der Waals surface area contributed by atoms with Crippen LogP contribution in [0.3, 0.4) is 0 Å². The lowest BCUT2D eigenvalue weighted by atomic mass is 9.46. The molecule has 0 N–H and O–H groups in total. The van der Waals surface area contributed by atoms with Crippen molar-refractivity contribution in [3.05, 3.63) is 11.6 Å². The van der Waals surface area contributed by atoms with Gasteiger partial charge in [0.1, 0.15) is 0 Å². The summed E-state index contributed by atoms with van der Waals surface area (Å²) in [6.45, 7) is 10.5. The van der Waals surface area contributed by atoms with Gasteiger partial charge in [-0.3, -0.25) is 0 Å². The van der Waals surface area contributed by atoms with Crippen LogP contribution >= 0.6 is 0 Å². The van der Waals surface area contributed by atoms with Crippen LogP contribution in [0.15, 0.2) is 11.6 Å². The van der Waals surface area contributed by atoms with E-state index in [0.29, 0.717) is 10.8 Å². The van der Waals surface area contributed by atoms with Gasteiger partial charge in [-0.05, 0) is 116 Å². The van der Waals surface area contributed by atoms with Crippen molar-refractivity contribution in [2.75, 3.05) is 0 Å². The van der Waals surface area contributed by atoms with Crippen LogP contribution in [-0.2, 0) is 0 Å². The number of hydrogen-bond acceptors (Lipinski definition) is 0. The van der Waals surface area contributed by atoms with Crippen LogP contribution in [0.25, 0.3) is 0 Å². The zero-order valence-electron chi connectivity index (χ0n) is 20.0. The number of allylic oxidation sites excluding steroid dienone is 2. The van der Waals surface area contributed by atoms with Gasteiger partial charge >= 0.3 is 0 Å². The smallest absolute Gasteiger partial charge is 0.00851 e. The highest BCUT2D eigenvalue weighted by molar-refractivity contribution is 5.25. The van der Waals surface area contributed by atoms with E-state index in [2.05, 4.69) is 33.8 Å². The summed E-state index contributed by atoms with van der Waals surface area (Å²) in [5.74, 6) is 7.00. The van der Waals surface area contributed by atoms with Crippen molar-refractivity contribution in [1.82, 2.24) is 0 Å². The Balaban J connectivity index is 1.46. The fourth-order valence-corrected chi connectivity index (χ4v) is 9.82. The highest BCUT2D eigenvalue weighted by atomic mass is 14.6. The molecule has 0 heteroatoms. The molecule has 0 radical (unpaired) electrons. The van der Waals surface area contributed by atoms with Crippen molar-refractivity contribution in [3.8, 4) is 0 Å². The van der Waals surface area contributed by atoms with Crippen molar-refractivity contribution in [2.45, 2.75) is 118 Å². The lowest BCUT2D eigenvalue weighted by Gasteiger charge is -2.58. The van der Waals surface area contributed by atoms with Crippen LogP contribution < -0.4 is 0 Å². The Kier molecular flexibility index (Phi) is 5.48. The minimum absolute atomic E-state index is 0.563. The second-order valence-corrected chi connectivity index (χ2v) is 12.8. The third-order valence-electron chi connectivity index (χ3n) is 11.9. The lowest BCUT2D eigenvalue weighted by molar-refractivity contribution is -0.0465. The van der Waals surface area contributed by atoms with Crippen LogP contribution in [0, 0.1) is 52.3 Å². The van der Waals surface area contributed by atoms with E-state index in [1.807, 2.05) is 5.57 Å². The van der Waals surface area contributed by atoms with Gasteiger partial charge in [-0.15, -0.1) is 0 Å². The van der Waals surface area contributed by atoms with E-state index in [9.17, 15) is 0 Å². The second-order valence-electron chi connectivity index (χ2n) is 12.8. The Morgan fingerprint density at radius 2 is 1.76 bits per heavy atom. The van der Waals surface area contributed by atoms with E-state index >= 15 is 0 Å². The van der Waals surface area contributed by atoms with Crippen molar-refractivity contribution < 1.29 is 0 Å². The lowest BCUT2D eigenvalue weighted by Crippen LogP contribution is -2.50. The first-order valence-electron chi connectivity index (χ1n) is 13.6. The van der Waals surface area contributed by atoms with E-state index in [4.69, 9.17) is 0 Å². The number of rotatable bonds is 1. The molecule has 5 saturated carbocycles. The zero-order chi connectivity index (χ0) is 20.2. The topological polar surface area (TPSA) is 0 Å². The predicted molar refractivity (Wildman–Crippen MR) is 125 cm³/mol. The number of hydrogen-bond donors (Lipinski definition) is 0. The molecule has 8 bridgehead atoms. The van der Waals surface area contributed by atoms with E-state index < -0.39 is 0 Å². The van der Waals surface area contributed by atoms with Crippen LogP contribution in [0.2, 0.25) is 0 Å². The SMILES string of the molecule is CCC1CCCC2CCC3C4CC=C5CC(CCC1C)CCC5(C)C4CCC23C. The molecule has 0 aromatic rings. The summed E-state index contributed by atoms with van der Waals surface area (Å²) in [4.78, 5) is 0. The van der Waals surface area contributed by atoms with Gasteiger partial charge in [0.2, 0.25) is 0 Å². The summed E-state index contributed by atoms with van der Waals surface area (Å²) in [6.07, 6.45) is 23.9. The quantitative estimate of drug-likeness (QED) is 0.388. The first-order chi connectivity index (χ1) is 14.0. The fourth-order valence-electron chi connectivity index (χ4n) is 9.82.